The molecule has 1 amide bonds. The molecule has 0 fully saturated rings. The van der Waals surface area contributed by atoms with E-state index in [1.807, 2.05) is 0 Å². The van der Waals surface area contributed by atoms with Crippen LogP contribution in [0.25, 0.3) is 0 Å². The van der Waals surface area contributed by atoms with Crippen molar-refractivity contribution in [1.82, 2.24) is 10.0 Å². The molecular weight excluding hydrogens is 384 g/mol. The molecule has 1 aromatic rings. The van der Waals surface area contributed by atoms with Crippen LogP contribution in [0.1, 0.15) is 13.8 Å². The van der Waals surface area contributed by atoms with E-state index in [0.29, 0.717) is 6.61 Å². The summed E-state index contributed by atoms with van der Waals surface area (Å²) in [5, 5.41) is 2.75. The number of hydrogen-bond acceptors (Lipinski definition) is 6. The van der Waals surface area contributed by atoms with Gasteiger partial charge in [-0.2, -0.15) is 4.72 Å². The van der Waals surface area contributed by atoms with Crippen LogP contribution in [0.15, 0.2) is 29.2 Å². The number of carbonyl (C=O) groups excluding carboxylic acids is 2. The third kappa shape index (κ3) is 7.28. The van der Waals surface area contributed by atoms with E-state index in [1.54, 1.807) is 13.8 Å². The zero-order valence-corrected chi connectivity index (χ0v) is 16.4. The summed E-state index contributed by atoms with van der Waals surface area (Å²) in [5.74, 6) is -1.74. The molecule has 8 nitrogen and oxygen atoms in total. The smallest absolute Gasteiger partial charge is 0.324 e. The molecule has 26 heavy (non-hydrogen) atoms. The van der Waals surface area contributed by atoms with Gasteiger partial charge in [-0.1, -0.05) is 31.5 Å². The number of nitrogens with one attached hydrogen (secondary N) is 2. The lowest BCUT2D eigenvalue weighted by molar-refractivity contribution is -0.151. The minimum Gasteiger partial charge on any atom is -0.454 e. The van der Waals surface area contributed by atoms with Crippen molar-refractivity contribution in [1.29, 1.82) is 0 Å². The fourth-order valence-electron chi connectivity index (χ4n) is 1.90. The second-order valence-corrected chi connectivity index (χ2v) is 7.90. The first-order chi connectivity index (χ1) is 12.2. The van der Waals surface area contributed by atoms with Gasteiger partial charge in [0.05, 0.1) is 11.5 Å². The molecule has 146 valence electrons. The van der Waals surface area contributed by atoms with Gasteiger partial charge in [0.1, 0.15) is 6.04 Å². The molecule has 1 atom stereocenters. The Labute approximate surface area is 158 Å². The van der Waals surface area contributed by atoms with Crippen LogP contribution in [-0.2, 0) is 29.1 Å². The number of amides is 1. The minimum atomic E-state index is -3.98. The van der Waals surface area contributed by atoms with E-state index in [-0.39, 0.29) is 16.5 Å². The molecule has 0 heterocycles. The van der Waals surface area contributed by atoms with E-state index in [4.69, 9.17) is 21.1 Å². The van der Waals surface area contributed by atoms with Gasteiger partial charge in [-0.3, -0.25) is 9.59 Å². The molecule has 1 rings (SSSR count). The normalized spacial score (nSPS) is 12.7. The molecule has 0 spiro atoms. The first kappa shape index (κ1) is 22.4. The zero-order chi connectivity index (χ0) is 19.7. The Morgan fingerprint density at radius 1 is 1.27 bits per heavy atom. The van der Waals surface area contributed by atoms with Crippen LogP contribution in [0.2, 0.25) is 5.02 Å². The Balaban J connectivity index is 2.73. The van der Waals surface area contributed by atoms with E-state index >= 15 is 0 Å². The maximum Gasteiger partial charge on any atom is 0.324 e. The van der Waals surface area contributed by atoms with Crippen LogP contribution in [0, 0.1) is 5.92 Å². The van der Waals surface area contributed by atoms with Crippen LogP contribution in [0.3, 0.4) is 0 Å². The second kappa shape index (κ2) is 10.5. The van der Waals surface area contributed by atoms with Gasteiger partial charge in [-0.25, -0.2) is 8.42 Å². The van der Waals surface area contributed by atoms with Crippen molar-refractivity contribution in [3.05, 3.63) is 29.3 Å². The molecule has 0 aliphatic heterocycles. The van der Waals surface area contributed by atoms with Crippen molar-refractivity contribution in [2.24, 2.45) is 5.92 Å². The molecule has 0 aliphatic rings. The van der Waals surface area contributed by atoms with E-state index in [1.165, 1.54) is 31.4 Å². The number of ether oxygens (including phenoxy) is 2. The van der Waals surface area contributed by atoms with Gasteiger partial charge in [0, 0.05) is 18.7 Å². The van der Waals surface area contributed by atoms with Crippen molar-refractivity contribution in [2.75, 3.05) is 26.9 Å². The number of halogens is 1. The maximum atomic E-state index is 12.4. The first-order valence-electron chi connectivity index (χ1n) is 7.87. The van der Waals surface area contributed by atoms with Crippen LogP contribution in [-0.4, -0.2) is 53.2 Å². The maximum absolute atomic E-state index is 12.4. The Morgan fingerprint density at radius 2 is 1.96 bits per heavy atom. The number of carbonyl (C=O) groups is 2. The van der Waals surface area contributed by atoms with Gasteiger partial charge < -0.3 is 14.8 Å². The summed E-state index contributed by atoms with van der Waals surface area (Å²) in [6.45, 7) is 3.41. The quantitative estimate of drug-likeness (QED) is 0.442. The first-order valence-corrected chi connectivity index (χ1v) is 9.73. The Hall–Kier alpha value is -1.68. The average Bonchev–Trinajstić information content (AvgIpc) is 2.57. The summed E-state index contributed by atoms with van der Waals surface area (Å²) in [4.78, 5) is 23.7. The number of esters is 1. The molecule has 0 aliphatic carbocycles. The van der Waals surface area contributed by atoms with Crippen molar-refractivity contribution in [3.8, 4) is 0 Å². The summed E-state index contributed by atoms with van der Waals surface area (Å²) in [5.41, 5.74) is 0. The molecule has 0 radical (unpaired) electrons. The Bertz CT molecular complexity index is 723. The largest absolute Gasteiger partial charge is 0.454 e. The summed E-state index contributed by atoms with van der Waals surface area (Å²) in [7, 11) is -2.49. The average molecular weight is 407 g/mol. The topological polar surface area (TPSA) is 111 Å². The Kier molecular flexibility index (Phi) is 9.00. The monoisotopic (exact) mass is 406 g/mol. The fraction of sp³-hybridized carbons (Fsp3) is 0.500. The number of sulfonamides is 1. The molecule has 0 saturated heterocycles. The predicted octanol–water partition coefficient (Wildman–Crippen LogP) is 0.949. The lowest BCUT2D eigenvalue weighted by atomic mass is 10.1. The van der Waals surface area contributed by atoms with Crippen LogP contribution in [0.5, 0.6) is 0 Å². The molecule has 0 unspecified atom stereocenters. The van der Waals surface area contributed by atoms with Gasteiger partial charge in [0.25, 0.3) is 5.91 Å². The van der Waals surface area contributed by atoms with Gasteiger partial charge in [0.2, 0.25) is 10.0 Å². The molecular formula is C16H23ClN2O6S. The number of benzene rings is 1. The highest BCUT2D eigenvalue weighted by molar-refractivity contribution is 7.89. The van der Waals surface area contributed by atoms with Crippen LogP contribution in [0.4, 0.5) is 0 Å². The lowest BCUT2D eigenvalue weighted by Crippen LogP contribution is -2.46. The van der Waals surface area contributed by atoms with Crippen molar-refractivity contribution < 1.29 is 27.5 Å². The zero-order valence-electron chi connectivity index (χ0n) is 14.8. The Morgan fingerprint density at radius 3 is 2.54 bits per heavy atom. The summed E-state index contributed by atoms with van der Waals surface area (Å²) in [6, 6.07) is 4.52. The van der Waals surface area contributed by atoms with E-state index in [9.17, 15) is 18.0 Å². The van der Waals surface area contributed by atoms with Gasteiger partial charge in [-0.15, -0.1) is 0 Å². The van der Waals surface area contributed by atoms with Crippen molar-refractivity contribution in [3.63, 3.8) is 0 Å². The molecule has 2 N–H and O–H groups in total. The molecule has 0 aromatic heterocycles. The van der Waals surface area contributed by atoms with Crippen LogP contribution < -0.4 is 10.0 Å². The summed E-state index contributed by atoms with van der Waals surface area (Å²) >= 11 is 5.81. The van der Waals surface area contributed by atoms with E-state index < -0.39 is 40.5 Å². The van der Waals surface area contributed by atoms with Crippen molar-refractivity contribution >= 4 is 33.5 Å². The molecule has 0 saturated carbocycles. The highest BCUT2D eigenvalue weighted by atomic mass is 35.5. The second-order valence-electron chi connectivity index (χ2n) is 5.75. The van der Waals surface area contributed by atoms with E-state index in [0.717, 1.165) is 0 Å². The highest BCUT2D eigenvalue weighted by Crippen LogP contribution is 2.17. The van der Waals surface area contributed by atoms with E-state index in [2.05, 4.69) is 10.0 Å². The molecule has 0 bridgehead atoms. The van der Waals surface area contributed by atoms with Gasteiger partial charge in [0.15, 0.2) is 6.61 Å². The van der Waals surface area contributed by atoms with Gasteiger partial charge >= 0.3 is 5.97 Å². The minimum absolute atomic E-state index is 0.0687. The lowest BCUT2D eigenvalue weighted by Gasteiger charge is -2.20. The summed E-state index contributed by atoms with van der Waals surface area (Å²) < 4.78 is 36.9. The molecule has 1 aromatic carbocycles. The third-order valence-electron chi connectivity index (χ3n) is 3.28. The summed E-state index contributed by atoms with van der Waals surface area (Å²) in [6.07, 6.45) is 0. The third-order valence-corrected chi connectivity index (χ3v) is 4.96. The van der Waals surface area contributed by atoms with Gasteiger partial charge in [-0.05, 0) is 24.1 Å². The standard InChI is InChI=1S/C16H23ClN2O6S/c1-11(2)15(16(21)25-10-14(20)18-7-8-24-3)19-26(22,23)13-6-4-5-12(17)9-13/h4-6,9,11,15,19H,7-8,10H2,1-3H3,(H,18,20)/t15-/m0/s1. The fourth-order valence-corrected chi connectivity index (χ4v) is 3.53. The molecule has 10 heteroatoms. The number of hydrogen-bond donors (Lipinski definition) is 2. The van der Waals surface area contributed by atoms with Crippen LogP contribution >= 0.6 is 11.6 Å². The number of rotatable bonds is 10. The highest BCUT2D eigenvalue weighted by Gasteiger charge is 2.30. The van der Waals surface area contributed by atoms with Crippen molar-refractivity contribution in [2.45, 2.75) is 24.8 Å². The predicted molar refractivity (Wildman–Crippen MR) is 96.2 cm³/mol. The number of methoxy groups -OCH3 is 1. The SMILES string of the molecule is COCCNC(=O)COC(=O)[C@@H](NS(=O)(=O)c1cccc(Cl)c1)C(C)C.